The summed E-state index contributed by atoms with van der Waals surface area (Å²) in [6.45, 7) is 4.73. The minimum Gasteiger partial charge on any atom is -0.504 e. The van der Waals surface area contributed by atoms with Crippen molar-refractivity contribution in [2.75, 3.05) is 20.2 Å². The molecule has 2 rings (SSSR count). The Bertz CT molecular complexity index is 465. The van der Waals surface area contributed by atoms with E-state index in [0.717, 1.165) is 25.1 Å². The molecule has 3 N–H and O–H groups in total. The molecule has 1 aromatic carbocycles. The average molecular weight is 299 g/mol. The van der Waals surface area contributed by atoms with Crippen LogP contribution in [0.1, 0.15) is 25.3 Å². The van der Waals surface area contributed by atoms with Crippen LogP contribution in [0.2, 0.25) is 5.02 Å². The van der Waals surface area contributed by atoms with Crippen LogP contribution in [0.5, 0.6) is 11.5 Å². The summed E-state index contributed by atoms with van der Waals surface area (Å²) in [4.78, 5) is 2.32. The molecule has 2 unspecified atom stereocenters. The summed E-state index contributed by atoms with van der Waals surface area (Å²) in [5.74, 6) is 1.13. The second-order valence-electron chi connectivity index (χ2n) is 5.61. The fourth-order valence-electron chi connectivity index (χ4n) is 2.81. The number of methoxy groups -OCH3 is 1. The fraction of sp³-hybridized carbons (Fsp3) is 0.600. The number of likely N-dealkylation sites (tertiary alicyclic amines) is 1. The molecule has 0 saturated carbocycles. The molecule has 0 aliphatic carbocycles. The molecule has 1 fully saturated rings. The van der Waals surface area contributed by atoms with Gasteiger partial charge in [-0.15, -0.1) is 0 Å². The Kier molecular flexibility index (Phi) is 5.13. The van der Waals surface area contributed by atoms with Gasteiger partial charge in [-0.3, -0.25) is 4.90 Å². The molecular weight excluding hydrogens is 276 g/mol. The molecule has 1 aliphatic rings. The Balaban J connectivity index is 2.11. The summed E-state index contributed by atoms with van der Waals surface area (Å²) in [6.07, 6.45) is 2.32. The van der Waals surface area contributed by atoms with Crippen molar-refractivity contribution in [1.29, 1.82) is 0 Å². The highest BCUT2D eigenvalue weighted by atomic mass is 35.5. The number of ether oxygens (including phenoxy) is 1. The lowest BCUT2D eigenvalue weighted by Gasteiger charge is -2.34. The maximum absolute atomic E-state index is 10.2. The second kappa shape index (κ2) is 6.66. The lowest BCUT2D eigenvalue weighted by Crippen LogP contribution is -2.41. The molecule has 0 amide bonds. The molecule has 1 saturated heterocycles. The second-order valence-corrected chi connectivity index (χ2v) is 6.05. The van der Waals surface area contributed by atoms with Gasteiger partial charge in [0, 0.05) is 35.8 Å². The van der Waals surface area contributed by atoms with E-state index in [9.17, 15) is 5.11 Å². The lowest BCUT2D eigenvalue weighted by atomic mass is 9.92. The molecule has 0 spiro atoms. The van der Waals surface area contributed by atoms with Crippen molar-refractivity contribution in [3.63, 3.8) is 0 Å². The first-order valence-corrected chi connectivity index (χ1v) is 7.42. The third kappa shape index (κ3) is 3.57. The van der Waals surface area contributed by atoms with Crippen LogP contribution in [0.15, 0.2) is 12.1 Å². The summed E-state index contributed by atoms with van der Waals surface area (Å²) in [5, 5.41) is 10.8. The monoisotopic (exact) mass is 298 g/mol. The van der Waals surface area contributed by atoms with Gasteiger partial charge in [0.15, 0.2) is 11.5 Å². The average Bonchev–Trinajstić information content (AvgIpc) is 2.42. The van der Waals surface area contributed by atoms with E-state index in [1.54, 1.807) is 12.1 Å². The molecule has 1 aromatic rings. The number of piperidine rings is 1. The van der Waals surface area contributed by atoms with Gasteiger partial charge < -0.3 is 15.6 Å². The minimum atomic E-state index is 0.180. The number of phenols is 1. The number of nitrogens with two attached hydrogens (primary N) is 1. The van der Waals surface area contributed by atoms with E-state index in [-0.39, 0.29) is 11.8 Å². The van der Waals surface area contributed by atoms with Crippen LogP contribution in [0.25, 0.3) is 0 Å². The molecule has 2 atom stereocenters. The van der Waals surface area contributed by atoms with E-state index in [0.29, 0.717) is 23.2 Å². The largest absolute Gasteiger partial charge is 0.504 e. The number of rotatable bonds is 4. The summed E-state index contributed by atoms with van der Waals surface area (Å²) < 4.78 is 5.14. The molecule has 1 aliphatic heterocycles. The van der Waals surface area contributed by atoms with Gasteiger partial charge in [0.25, 0.3) is 0 Å². The highest BCUT2D eigenvalue weighted by Gasteiger charge is 2.23. The molecular formula is C15H23ClN2O2. The number of hydrogen-bond donors (Lipinski definition) is 2. The summed E-state index contributed by atoms with van der Waals surface area (Å²) in [5.41, 5.74) is 6.81. The topological polar surface area (TPSA) is 58.7 Å². The Hall–Kier alpha value is -0.970. The molecule has 20 heavy (non-hydrogen) atoms. The van der Waals surface area contributed by atoms with Crippen LogP contribution in [0.3, 0.4) is 0 Å². The van der Waals surface area contributed by atoms with Crippen molar-refractivity contribution >= 4 is 11.6 Å². The van der Waals surface area contributed by atoms with Gasteiger partial charge in [0.05, 0.1) is 7.11 Å². The number of halogens is 1. The molecule has 4 nitrogen and oxygen atoms in total. The molecule has 1 heterocycles. The van der Waals surface area contributed by atoms with Gasteiger partial charge in [-0.2, -0.15) is 0 Å². The SMILES string of the molecule is COc1cc(Cl)cc(CN2CCCC(C(C)N)C2)c1O. The normalized spacial score (nSPS) is 21.7. The Morgan fingerprint density at radius 1 is 1.55 bits per heavy atom. The zero-order valence-electron chi connectivity index (χ0n) is 12.1. The van der Waals surface area contributed by atoms with Gasteiger partial charge in [-0.1, -0.05) is 11.6 Å². The maximum Gasteiger partial charge on any atom is 0.162 e. The van der Waals surface area contributed by atoms with E-state index in [1.165, 1.54) is 13.5 Å². The molecule has 5 heteroatoms. The van der Waals surface area contributed by atoms with Gasteiger partial charge in [0.2, 0.25) is 0 Å². The van der Waals surface area contributed by atoms with E-state index >= 15 is 0 Å². The highest BCUT2D eigenvalue weighted by molar-refractivity contribution is 6.30. The Morgan fingerprint density at radius 2 is 2.30 bits per heavy atom. The quantitative estimate of drug-likeness (QED) is 0.897. The van der Waals surface area contributed by atoms with E-state index < -0.39 is 0 Å². The smallest absolute Gasteiger partial charge is 0.162 e. The first-order chi connectivity index (χ1) is 9.51. The van der Waals surface area contributed by atoms with Crippen molar-refractivity contribution in [2.24, 2.45) is 11.7 Å². The van der Waals surface area contributed by atoms with Gasteiger partial charge >= 0.3 is 0 Å². The van der Waals surface area contributed by atoms with Crippen LogP contribution in [0, 0.1) is 5.92 Å². The molecule has 112 valence electrons. The molecule has 0 radical (unpaired) electrons. The van der Waals surface area contributed by atoms with Crippen molar-refractivity contribution in [3.8, 4) is 11.5 Å². The first-order valence-electron chi connectivity index (χ1n) is 7.04. The van der Waals surface area contributed by atoms with Crippen LogP contribution in [0.4, 0.5) is 0 Å². The molecule has 0 aromatic heterocycles. The summed E-state index contributed by atoms with van der Waals surface area (Å²) in [6, 6.07) is 3.64. The van der Waals surface area contributed by atoms with Crippen LogP contribution < -0.4 is 10.5 Å². The highest BCUT2D eigenvalue weighted by Crippen LogP contribution is 2.34. The summed E-state index contributed by atoms with van der Waals surface area (Å²) >= 11 is 6.07. The minimum absolute atomic E-state index is 0.180. The number of benzene rings is 1. The lowest BCUT2D eigenvalue weighted by molar-refractivity contribution is 0.153. The van der Waals surface area contributed by atoms with Crippen LogP contribution >= 0.6 is 11.6 Å². The first kappa shape index (κ1) is 15.4. The van der Waals surface area contributed by atoms with Crippen molar-refractivity contribution < 1.29 is 9.84 Å². The van der Waals surface area contributed by atoms with Crippen molar-refractivity contribution in [3.05, 3.63) is 22.7 Å². The molecule has 0 bridgehead atoms. The van der Waals surface area contributed by atoms with E-state index in [1.807, 2.05) is 0 Å². The van der Waals surface area contributed by atoms with Crippen LogP contribution in [-0.2, 0) is 6.54 Å². The number of hydrogen-bond acceptors (Lipinski definition) is 4. The third-order valence-corrected chi connectivity index (χ3v) is 4.24. The fourth-order valence-corrected chi connectivity index (χ4v) is 3.04. The Labute approximate surface area is 125 Å². The number of phenolic OH excluding ortho intramolecular Hbond substituents is 1. The van der Waals surface area contributed by atoms with Crippen molar-refractivity contribution in [1.82, 2.24) is 4.90 Å². The third-order valence-electron chi connectivity index (χ3n) is 4.02. The summed E-state index contributed by atoms with van der Waals surface area (Å²) in [7, 11) is 1.53. The zero-order valence-corrected chi connectivity index (χ0v) is 12.9. The predicted octanol–water partition coefficient (Wildman–Crippen LogP) is 2.61. The number of nitrogens with zero attached hydrogens (tertiary/aromatic N) is 1. The number of aromatic hydroxyl groups is 1. The zero-order chi connectivity index (χ0) is 14.7. The van der Waals surface area contributed by atoms with E-state index in [2.05, 4.69) is 11.8 Å². The maximum atomic E-state index is 10.2. The Morgan fingerprint density at radius 3 is 2.95 bits per heavy atom. The standard InChI is InChI=1S/C15H23ClN2O2/c1-10(17)11-4-3-5-18(8-11)9-12-6-13(16)7-14(20-2)15(12)19/h6-7,10-11,19H,3-5,8-9,17H2,1-2H3. The van der Waals surface area contributed by atoms with Crippen LogP contribution in [-0.4, -0.2) is 36.2 Å². The predicted molar refractivity (Wildman–Crippen MR) is 81.3 cm³/mol. The van der Waals surface area contributed by atoms with Gasteiger partial charge in [0.1, 0.15) is 0 Å². The van der Waals surface area contributed by atoms with Crippen molar-refractivity contribution in [2.45, 2.75) is 32.4 Å². The van der Waals surface area contributed by atoms with Gasteiger partial charge in [-0.05, 0) is 38.3 Å². The van der Waals surface area contributed by atoms with Gasteiger partial charge in [-0.25, -0.2) is 0 Å². The van der Waals surface area contributed by atoms with E-state index in [4.69, 9.17) is 22.1 Å².